The Morgan fingerprint density at radius 1 is 1.25 bits per heavy atom. The normalized spacial score (nSPS) is 35.5. The number of carbonyl (C=O) groups excluding carboxylic acids is 3. The standard InChI is InChI=1S/C15H16O9/c1-5(2)14(19)21-4-3-6(16)22-11-9-7(13(17)18)8-10(23-9)12(11)24-15(8)20/h7-12H,1,3-4H2,2H3,(H,17,18). The summed E-state index contributed by atoms with van der Waals surface area (Å²) in [6, 6.07) is 0. The Balaban J connectivity index is 1.59. The SMILES string of the molecule is C=C(C)C(=O)OCCC(=O)OC1C2OC(=O)C3C2OC1C3C(=O)O. The smallest absolute Gasteiger partial charge is 0.333 e. The molecule has 3 rings (SSSR count). The van der Waals surface area contributed by atoms with Crippen molar-refractivity contribution >= 4 is 23.9 Å². The number of carbonyl (C=O) groups is 4. The maximum absolute atomic E-state index is 11.9. The van der Waals surface area contributed by atoms with E-state index in [4.69, 9.17) is 18.9 Å². The van der Waals surface area contributed by atoms with E-state index in [0.717, 1.165) is 0 Å². The van der Waals surface area contributed by atoms with E-state index in [9.17, 15) is 24.3 Å². The summed E-state index contributed by atoms with van der Waals surface area (Å²) < 4.78 is 20.6. The molecule has 0 aromatic carbocycles. The number of rotatable bonds is 6. The van der Waals surface area contributed by atoms with E-state index < -0.39 is 60.1 Å². The number of aliphatic carboxylic acids is 1. The number of hydrogen-bond donors (Lipinski definition) is 1. The molecule has 0 radical (unpaired) electrons. The van der Waals surface area contributed by atoms with Gasteiger partial charge in [0.15, 0.2) is 12.2 Å². The second-order valence-corrected chi connectivity index (χ2v) is 5.98. The molecule has 0 aliphatic carbocycles. The molecule has 9 nitrogen and oxygen atoms in total. The first-order chi connectivity index (χ1) is 11.3. The minimum absolute atomic E-state index is 0.193. The average Bonchev–Trinajstić information content (AvgIpc) is 3.10. The van der Waals surface area contributed by atoms with Gasteiger partial charge in [-0.15, -0.1) is 0 Å². The highest BCUT2D eigenvalue weighted by molar-refractivity contribution is 5.87. The van der Waals surface area contributed by atoms with Crippen LogP contribution in [0.5, 0.6) is 0 Å². The van der Waals surface area contributed by atoms with Crippen LogP contribution in [-0.4, -0.2) is 60.0 Å². The fourth-order valence-electron chi connectivity index (χ4n) is 3.31. The number of esters is 3. The highest BCUT2D eigenvalue weighted by Crippen LogP contribution is 2.51. The molecule has 3 aliphatic heterocycles. The van der Waals surface area contributed by atoms with Crippen molar-refractivity contribution in [1.29, 1.82) is 0 Å². The molecule has 3 fully saturated rings. The van der Waals surface area contributed by atoms with Crippen LogP contribution in [-0.2, 0) is 38.1 Å². The van der Waals surface area contributed by atoms with Gasteiger partial charge < -0.3 is 24.1 Å². The molecular weight excluding hydrogens is 324 g/mol. The number of carboxylic acid groups (broad SMARTS) is 1. The molecule has 0 aromatic heterocycles. The Morgan fingerprint density at radius 2 is 1.96 bits per heavy atom. The van der Waals surface area contributed by atoms with E-state index in [1.54, 1.807) is 0 Å². The van der Waals surface area contributed by atoms with Gasteiger partial charge in [0.25, 0.3) is 0 Å². The number of fused-ring (bicyclic) bond motifs is 1. The topological polar surface area (TPSA) is 125 Å². The van der Waals surface area contributed by atoms with Gasteiger partial charge in [-0.3, -0.25) is 14.4 Å². The van der Waals surface area contributed by atoms with Crippen molar-refractivity contribution in [3.8, 4) is 0 Å². The predicted molar refractivity (Wildman–Crippen MR) is 73.4 cm³/mol. The maximum Gasteiger partial charge on any atom is 0.333 e. The minimum Gasteiger partial charge on any atom is -0.481 e. The fourth-order valence-corrected chi connectivity index (χ4v) is 3.31. The monoisotopic (exact) mass is 340 g/mol. The van der Waals surface area contributed by atoms with Crippen molar-refractivity contribution in [2.75, 3.05) is 6.61 Å². The third-order valence-electron chi connectivity index (χ3n) is 4.35. The van der Waals surface area contributed by atoms with Crippen LogP contribution in [0.3, 0.4) is 0 Å². The van der Waals surface area contributed by atoms with E-state index in [-0.39, 0.29) is 18.6 Å². The van der Waals surface area contributed by atoms with Crippen molar-refractivity contribution < 1.29 is 43.2 Å². The van der Waals surface area contributed by atoms with Gasteiger partial charge in [0, 0.05) is 5.57 Å². The summed E-state index contributed by atoms with van der Waals surface area (Å²) in [6.45, 7) is 4.69. The Labute approximate surface area is 136 Å². The molecule has 130 valence electrons. The van der Waals surface area contributed by atoms with Crippen LogP contribution in [0.1, 0.15) is 13.3 Å². The summed E-state index contributed by atoms with van der Waals surface area (Å²) in [5.41, 5.74) is 0.207. The van der Waals surface area contributed by atoms with Gasteiger partial charge in [0.2, 0.25) is 0 Å². The van der Waals surface area contributed by atoms with Crippen molar-refractivity contribution in [2.24, 2.45) is 11.8 Å². The molecule has 3 heterocycles. The molecule has 0 amide bonds. The lowest BCUT2D eigenvalue weighted by Gasteiger charge is -2.26. The predicted octanol–water partition coefficient (Wildman–Crippen LogP) is -0.569. The van der Waals surface area contributed by atoms with E-state index in [2.05, 4.69) is 6.58 Å². The molecule has 1 N–H and O–H groups in total. The Bertz CT molecular complexity index is 624. The van der Waals surface area contributed by atoms with Crippen LogP contribution in [0, 0.1) is 11.8 Å². The zero-order chi connectivity index (χ0) is 17.6. The summed E-state index contributed by atoms with van der Waals surface area (Å²) in [7, 11) is 0. The summed E-state index contributed by atoms with van der Waals surface area (Å²) >= 11 is 0. The van der Waals surface area contributed by atoms with Crippen LogP contribution >= 0.6 is 0 Å². The number of carboxylic acids is 1. The molecule has 3 aliphatic rings. The summed E-state index contributed by atoms with van der Waals surface area (Å²) in [4.78, 5) is 46.2. The van der Waals surface area contributed by atoms with Crippen LogP contribution in [0.2, 0.25) is 0 Å². The Hall–Kier alpha value is -2.42. The van der Waals surface area contributed by atoms with Crippen molar-refractivity contribution in [1.82, 2.24) is 0 Å². The van der Waals surface area contributed by atoms with Crippen LogP contribution < -0.4 is 0 Å². The van der Waals surface area contributed by atoms with Crippen molar-refractivity contribution in [3.63, 3.8) is 0 Å². The molecular formula is C15H16O9. The highest BCUT2D eigenvalue weighted by Gasteiger charge is 2.71. The Morgan fingerprint density at radius 3 is 2.58 bits per heavy atom. The van der Waals surface area contributed by atoms with E-state index in [1.165, 1.54) is 6.92 Å². The second kappa shape index (κ2) is 5.90. The Kier molecular flexibility index (Phi) is 4.04. The largest absolute Gasteiger partial charge is 0.481 e. The van der Waals surface area contributed by atoms with Gasteiger partial charge in [0.1, 0.15) is 30.7 Å². The number of ether oxygens (including phenoxy) is 4. The third kappa shape index (κ3) is 2.54. The molecule has 0 aromatic rings. The third-order valence-corrected chi connectivity index (χ3v) is 4.35. The zero-order valence-electron chi connectivity index (χ0n) is 12.8. The van der Waals surface area contributed by atoms with E-state index in [0.29, 0.717) is 0 Å². The summed E-state index contributed by atoms with van der Waals surface area (Å²) in [5, 5.41) is 9.29. The molecule has 9 heteroatoms. The van der Waals surface area contributed by atoms with Gasteiger partial charge in [-0.2, -0.15) is 0 Å². The lowest BCUT2D eigenvalue weighted by Crippen LogP contribution is -2.47. The maximum atomic E-state index is 11.9. The quantitative estimate of drug-likeness (QED) is 0.384. The van der Waals surface area contributed by atoms with Gasteiger partial charge in [0.05, 0.1) is 6.42 Å². The van der Waals surface area contributed by atoms with Crippen LogP contribution in [0.15, 0.2) is 12.2 Å². The lowest BCUT2D eigenvalue weighted by molar-refractivity contribution is -0.164. The van der Waals surface area contributed by atoms with Gasteiger partial charge in [-0.25, -0.2) is 4.79 Å². The van der Waals surface area contributed by atoms with Crippen molar-refractivity contribution in [3.05, 3.63) is 12.2 Å². The molecule has 6 unspecified atom stereocenters. The average molecular weight is 340 g/mol. The molecule has 0 spiro atoms. The highest BCUT2D eigenvalue weighted by atomic mass is 16.7. The van der Waals surface area contributed by atoms with E-state index in [1.807, 2.05) is 0 Å². The summed E-state index contributed by atoms with van der Waals surface area (Å²) in [6.07, 6.45) is -3.60. The molecule has 3 saturated heterocycles. The molecule has 0 saturated carbocycles. The first-order valence-electron chi connectivity index (χ1n) is 7.42. The summed E-state index contributed by atoms with van der Waals surface area (Å²) in [5.74, 6) is -5.11. The van der Waals surface area contributed by atoms with E-state index >= 15 is 0 Å². The number of hydrogen-bond acceptors (Lipinski definition) is 8. The van der Waals surface area contributed by atoms with Gasteiger partial charge in [-0.05, 0) is 6.92 Å². The first kappa shape index (κ1) is 16.4. The fraction of sp³-hybridized carbons (Fsp3) is 0.600. The zero-order valence-corrected chi connectivity index (χ0v) is 12.8. The molecule has 2 bridgehead atoms. The van der Waals surface area contributed by atoms with Crippen LogP contribution in [0.25, 0.3) is 0 Å². The van der Waals surface area contributed by atoms with Crippen LogP contribution in [0.4, 0.5) is 0 Å². The minimum atomic E-state index is -1.19. The lowest BCUT2D eigenvalue weighted by atomic mass is 9.78. The van der Waals surface area contributed by atoms with Gasteiger partial charge >= 0.3 is 23.9 Å². The molecule has 24 heavy (non-hydrogen) atoms. The van der Waals surface area contributed by atoms with Gasteiger partial charge in [-0.1, -0.05) is 6.58 Å². The first-order valence-corrected chi connectivity index (χ1v) is 7.42. The van der Waals surface area contributed by atoms with Crippen molar-refractivity contribution in [2.45, 2.75) is 37.8 Å². The second-order valence-electron chi connectivity index (χ2n) is 5.98. The molecule has 6 atom stereocenters.